The number of rotatable bonds is 18. The van der Waals surface area contributed by atoms with Gasteiger partial charge in [-0.25, -0.2) is 19.4 Å². The van der Waals surface area contributed by atoms with Crippen LogP contribution in [0.4, 0.5) is 11.4 Å². The summed E-state index contributed by atoms with van der Waals surface area (Å²) in [5.74, 6) is -0.999. The maximum absolute atomic E-state index is 13.1. The van der Waals surface area contributed by atoms with E-state index in [-0.39, 0.29) is 0 Å². The number of carbonyl (C=O) groups is 4. The van der Waals surface area contributed by atoms with E-state index >= 15 is 0 Å². The summed E-state index contributed by atoms with van der Waals surface area (Å²) >= 11 is 19.0. The Hall–Kier alpha value is -10.4. The number of aromatic nitrogens is 4. The number of anilines is 2. The monoisotopic (exact) mass is 1820 g/mol. The molecule has 0 aliphatic carbocycles. The van der Waals surface area contributed by atoms with E-state index in [2.05, 4.69) is 130 Å². The van der Waals surface area contributed by atoms with Gasteiger partial charge < -0.3 is 63.7 Å². The molecule has 0 unspecified atom stereocenters. The Morgan fingerprint density at radius 2 is 0.729 bits per heavy atom. The highest BCUT2D eigenvalue weighted by Crippen LogP contribution is 2.47. The first-order valence-corrected chi connectivity index (χ1v) is 44.0. The van der Waals surface area contributed by atoms with E-state index in [1.807, 2.05) is 174 Å². The van der Waals surface area contributed by atoms with Crippen molar-refractivity contribution in [1.29, 1.82) is 0 Å². The van der Waals surface area contributed by atoms with Crippen LogP contribution in [0.3, 0.4) is 0 Å². The van der Waals surface area contributed by atoms with Crippen LogP contribution in [0.2, 0.25) is 15.2 Å². The number of aliphatic carboxylic acids is 1. The molecular weight excluding hydrogens is 1690 g/mol. The predicted octanol–water partition coefficient (Wildman–Crippen LogP) is 22.3. The lowest BCUT2D eigenvalue weighted by atomic mass is 9.79. The second-order valence-electron chi connectivity index (χ2n) is 36.5. The topological polar surface area (TPSA) is 290 Å². The van der Waals surface area contributed by atoms with Crippen LogP contribution in [0.15, 0.2) is 109 Å². The Morgan fingerprint density at radius 3 is 1.09 bits per heavy atom. The number of halogens is 3. The molecule has 0 fully saturated rings. The Labute approximate surface area is 776 Å². The summed E-state index contributed by atoms with van der Waals surface area (Å²) in [5.41, 5.74) is 26.8. The zero-order valence-electron chi connectivity index (χ0n) is 80.4. The van der Waals surface area contributed by atoms with E-state index in [9.17, 15) is 24.3 Å². The molecule has 2 aliphatic rings. The molecule has 129 heavy (non-hydrogen) atoms. The molecule has 5 N–H and O–H groups in total. The fraction of sp³-hybridized carbons (Fsp3) is 0.408. The number of ether oxygens (including phenoxy) is 8. The van der Waals surface area contributed by atoms with Gasteiger partial charge in [0.25, 0.3) is 0 Å². The smallest absolute Gasteiger partial charge is 0.490 e. The van der Waals surface area contributed by atoms with Gasteiger partial charge in [-0.15, -0.1) is 0 Å². The third kappa shape index (κ3) is 26.5. The molecule has 688 valence electrons. The number of carboxylic acid groups (broad SMARTS) is 1. The van der Waals surface area contributed by atoms with Crippen LogP contribution in [0.1, 0.15) is 219 Å². The molecule has 4 aromatic heterocycles. The molecule has 12 rings (SSSR count). The number of nitrogens with zero attached hydrogens (tertiary/aromatic N) is 4. The van der Waals surface area contributed by atoms with Crippen molar-refractivity contribution in [3.63, 3.8) is 0 Å². The van der Waals surface area contributed by atoms with Crippen LogP contribution in [0, 0.1) is 111 Å². The molecule has 0 amide bonds. The van der Waals surface area contributed by atoms with Crippen LogP contribution in [0.5, 0.6) is 11.5 Å². The zero-order chi connectivity index (χ0) is 96.3. The summed E-state index contributed by atoms with van der Waals surface area (Å²) in [6, 6.07) is 36.3. The molecule has 0 saturated carbocycles. The first kappa shape index (κ1) is 104. The highest BCUT2D eigenvalue weighted by molar-refractivity contribution is 6.58. The second-order valence-corrected chi connectivity index (χ2v) is 37.6. The average molecular weight is 1820 g/mol. The van der Waals surface area contributed by atoms with E-state index in [0.717, 1.165) is 131 Å². The number of hydrogen-bond acceptors (Lipinski definition) is 20. The summed E-state index contributed by atoms with van der Waals surface area (Å²) < 4.78 is 50.4. The van der Waals surface area contributed by atoms with Gasteiger partial charge in [-0.3, -0.25) is 19.4 Å². The minimum atomic E-state index is -1.35. The van der Waals surface area contributed by atoms with E-state index in [1.165, 1.54) is 47.6 Å². The highest BCUT2D eigenvalue weighted by atomic mass is 35.5. The number of methoxy groups -OCH3 is 2. The van der Waals surface area contributed by atoms with Gasteiger partial charge in [0, 0.05) is 80.4 Å². The average Bonchev–Trinajstić information content (AvgIpc) is 0.755. The van der Waals surface area contributed by atoms with Crippen LogP contribution in [0.25, 0.3) is 56.0 Å². The van der Waals surface area contributed by atoms with Crippen molar-refractivity contribution in [2.45, 2.75) is 241 Å². The highest BCUT2D eigenvalue weighted by Gasteiger charge is 2.41. The number of carbonyl (C=O) groups excluding carboxylic acids is 4. The van der Waals surface area contributed by atoms with E-state index in [0.29, 0.717) is 73.2 Å². The number of hydrogen-bond donors (Lipinski definition) is 5. The van der Waals surface area contributed by atoms with Crippen molar-refractivity contribution in [2.75, 3.05) is 51.2 Å². The molecule has 2 aliphatic heterocycles. The zero-order valence-corrected chi connectivity index (χ0v) is 82.7. The van der Waals surface area contributed by atoms with E-state index in [1.54, 1.807) is 26.0 Å². The van der Waals surface area contributed by atoms with E-state index in [4.69, 9.17) is 97.7 Å². The second kappa shape index (κ2) is 43.5. The lowest BCUT2D eigenvalue weighted by Gasteiger charge is -2.30. The summed E-state index contributed by atoms with van der Waals surface area (Å²) in [4.78, 5) is 68.9. The van der Waals surface area contributed by atoms with Crippen LogP contribution in [-0.4, -0.2) is 136 Å². The Balaban J connectivity index is 0.000000208. The lowest BCUT2D eigenvalue weighted by Crippen LogP contribution is -2.29. The van der Waals surface area contributed by atoms with Crippen molar-refractivity contribution in [2.24, 2.45) is 0 Å². The third-order valence-electron chi connectivity index (χ3n) is 21.9. The number of fused-ring (bicyclic) bond motifs is 2. The molecular formula is C103H127BCl3N6O16+. The number of carboxylic acids is 1. The van der Waals surface area contributed by atoms with Crippen molar-refractivity contribution < 1.29 is 76.7 Å². The van der Waals surface area contributed by atoms with Crippen molar-refractivity contribution in [1.82, 2.24) is 19.9 Å². The molecule has 0 saturated heterocycles. The van der Waals surface area contributed by atoms with Gasteiger partial charge in [0.05, 0.1) is 79.9 Å². The fourth-order valence-corrected chi connectivity index (χ4v) is 15.7. The van der Waals surface area contributed by atoms with Gasteiger partial charge in [-0.2, -0.15) is 0 Å². The normalized spacial score (nSPS) is 13.2. The number of aryl methyl sites for hydroxylation is 12. The summed E-state index contributed by atoms with van der Waals surface area (Å²) in [6.45, 7) is 59.9. The minimum Gasteiger partial charge on any atom is -0.490 e. The molecule has 0 bridgehead atoms. The molecule has 6 heterocycles. The Bertz CT molecular complexity index is 5830. The first-order valence-electron chi connectivity index (χ1n) is 42.9. The predicted molar refractivity (Wildman–Crippen MR) is 517 cm³/mol. The van der Waals surface area contributed by atoms with Gasteiger partial charge >= 0.3 is 31.0 Å². The molecule has 0 radical (unpaired) electrons. The van der Waals surface area contributed by atoms with E-state index < -0.39 is 77.8 Å². The van der Waals surface area contributed by atoms with Crippen LogP contribution in [-0.2, 0) is 52.0 Å². The number of esters is 2. The van der Waals surface area contributed by atoms with Gasteiger partial charge in [0.1, 0.15) is 29.9 Å². The standard InChI is InChI=1S/C30H36N2O4.C29H34N2O4.C22H28ClNO3.C14H18Cl2NO3.C8H11BO2/c1-17-9-10-22(15-18(17)2)27-19(3)25(21-11-12-24-23(16-21)31-13-14-35-24)26(20(4)32-27)28(29(33)34-8)36-30(5,6)7;1-16-8-9-21(14-17(16)2)26-18(3)24(20-10-11-23-22(15-20)30-12-13-34-23)25(19(4)31-26)27(28(32)33)35-29(5,6)7;1-12-9-10-16(11-13(12)2)19-14(3)18(23)17(15(4)24-19)20(21(25)26-8)27-22(5,6)7;1-7-10(15)9(8(2)17-12(7)16)11(13(18)19-6)20-14(3,4)5;1-6-3-4-8(9(10)11)5-7(6)2/h9-12,15-16,28,31H,13-14H2,1-8H3;8-11,14-15,27,30H,12-13H2,1-7H3,(H,32,33);9-11,20H,1-8H3;11H,6H2,1-5H3;3-5,10-11H,1-2H3/q;;;+1;/t28-;27-;20-;11-;/m0000./s1. The molecule has 0 spiro atoms. The summed E-state index contributed by atoms with van der Waals surface area (Å²) in [6.07, 6.45) is -4.01. The third-order valence-corrected chi connectivity index (χ3v) is 23.2. The maximum atomic E-state index is 13.1. The van der Waals surface area contributed by atoms with Crippen LogP contribution >= 0.6 is 34.8 Å². The first-order chi connectivity index (χ1) is 60.1. The largest absolute Gasteiger partial charge is 0.613 e. The maximum Gasteiger partial charge on any atom is 0.613 e. The fourth-order valence-electron chi connectivity index (χ4n) is 14.8. The van der Waals surface area contributed by atoms with Crippen molar-refractivity contribution in [3.8, 4) is 67.5 Å². The SMILES string of the molecule is C=[O+]C(=O)[C@@H](OC(C)(C)C)c1c(C)nc(Cl)c(C)c1Cl.COC(=O)[C@@H](OC(C)(C)C)c1c(C)nc(-c2ccc(C)c(C)c2)c(C)c1-c1ccc2c(c1)NCCO2.COC(=O)[C@@H](OC(C)(C)C)c1c(C)nc(-c2ccc(C)c(C)c2)c(C)c1Cl.Cc1ccc(-c2nc(C)c([C@H](OC(C)(C)C)C(=O)O)c(-c3ccc4c(c3)NCCO4)c2C)cc1C.Cc1ccc(B(O)O)cc1C. The summed E-state index contributed by atoms with van der Waals surface area (Å²) in [7, 11) is 1.38. The van der Waals surface area contributed by atoms with Gasteiger partial charge in [-0.1, -0.05) is 102 Å². The number of benzene rings is 6. The summed E-state index contributed by atoms with van der Waals surface area (Å²) in [5, 5.41) is 35.8. The number of pyridine rings is 4. The van der Waals surface area contributed by atoms with Gasteiger partial charge in [0.15, 0.2) is 25.1 Å². The lowest BCUT2D eigenvalue weighted by molar-refractivity contribution is -0.380. The Kier molecular flexibility index (Phi) is 35.1. The molecule has 22 nitrogen and oxygen atoms in total. The number of nitrogens with one attached hydrogen (secondary N) is 2. The Morgan fingerprint density at radius 1 is 0.411 bits per heavy atom. The van der Waals surface area contributed by atoms with Crippen molar-refractivity contribution >= 4 is 89.4 Å². The minimum absolute atomic E-state index is 0.300. The molecule has 10 aromatic rings. The van der Waals surface area contributed by atoms with Crippen molar-refractivity contribution in [3.05, 3.63) is 236 Å². The molecule has 4 atom stereocenters. The van der Waals surface area contributed by atoms with Gasteiger partial charge in [-0.05, 0) is 325 Å². The van der Waals surface area contributed by atoms with Crippen LogP contribution < -0.4 is 25.6 Å². The molecule has 26 heteroatoms. The molecule has 6 aromatic carbocycles. The van der Waals surface area contributed by atoms with Gasteiger partial charge in [0.2, 0.25) is 6.10 Å². The quantitative estimate of drug-likeness (QED) is 0.0231.